The molecule has 126 valence electrons. The third kappa shape index (κ3) is 3.55. The monoisotopic (exact) mass is 325 g/mol. The molecular formula is C19H23N3O2. The van der Waals surface area contributed by atoms with Gasteiger partial charge in [0.2, 0.25) is 5.88 Å². The molecule has 1 amide bonds. The molecule has 5 heteroatoms. The van der Waals surface area contributed by atoms with Crippen LogP contribution < -0.4 is 4.74 Å². The predicted octanol–water partition coefficient (Wildman–Crippen LogP) is 3.63. The minimum atomic E-state index is -0.0413. The van der Waals surface area contributed by atoms with Crippen LogP contribution in [0.2, 0.25) is 0 Å². The summed E-state index contributed by atoms with van der Waals surface area (Å²) in [6, 6.07) is 7.33. The first kappa shape index (κ1) is 16.4. The number of carbonyl (C=O) groups excluding carboxylic acids is 1. The standard InChI is InChI=1S/C19H23N3O2/c1-3-22(14(2)16-6-5-10-20-13-16)19(23)15-9-11-21-18(12-15)24-17-7-4-8-17/h5-6,9-14,17H,3-4,7-8H2,1-2H3. The second kappa shape index (κ2) is 7.43. The maximum atomic E-state index is 12.9. The molecule has 3 rings (SSSR count). The van der Waals surface area contributed by atoms with Crippen molar-refractivity contribution in [3.05, 3.63) is 54.0 Å². The highest BCUT2D eigenvalue weighted by molar-refractivity contribution is 5.94. The van der Waals surface area contributed by atoms with Gasteiger partial charge in [-0.3, -0.25) is 9.78 Å². The summed E-state index contributed by atoms with van der Waals surface area (Å²) in [6.07, 6.45) is 8.77. The molecule has 0 radical (unpaired) electrons. The van der Waals surface area contributed by atoms with E-state index in [9.17, 15) is 4.79 Å². The van der Waals surface area contributed by atoms with Crippen molar-refractivity contribution in [1.29, 1.82) is 0 Å². The first-order valence-electron chi connectivity index (χ1n) is 8.52. The van der Waals surface area contributed by atoms with Gasteiger partial charge in [0.05, 0.1) is 6.04 Å². The molecule has 0 spiro atoms. The summed E-state index contributed by atoms with van der Waals surface area (Å²) < 4.78 is 5.81. The van der Waals surface area contributed by atoms with E-state index in [4.69, 9.17) is 4.74 Å². The van der Waals surface area contributed by atoms with Crippen LogP contribution >= 0.6 is 0 Å². The van der Waals surface area contributed by atoms with Crippen LogP contribution in [0.25, 0.3) is 0 Å². The van der Waals surface area contributed by atoms with Gasteiger partial charge in [0, 0.05) is 36.8 Å². The number of ether oxygens (including phenoxy) is 1. The van der Waals surface area contributed by atoms with E-state index in [1.54, 1.807) is 30.7 Å². The lowest BCUT2D eigenvalue weighted by molar-refractivity contribution is 0.0699. The quantitative estimate of drug-likeness (QED) is 0.814. The predicted molar refractivity (Wildman–Crippen MR) is 91.9 cm³/mol. The molecule has 0 bridgehead atoms. The molecule has 1 aliphatic rings. The Balaban J connectivity index is 1.77. The third-order valence-electron chi connectivity index (χ3n) is 4.56. The first-order chi connectivity index (χ1) is 11.7. The Bertz CT molecular complexity index is 686. The van der Waals surface area contributed by atoms with Gasteiger partial charge in [-0.2, -0.15) is 0 Å². The summed E-state index contributed by atoms with van der Waals surface area (Å²) in [7, 11) is 0. The Hall–Kier alpha value is -2.43. The normalized spacial score (nSPS) is 15.4. The highest BCUT2D eigenvalue weighted by atomic mass is 16.5. The summed E-state index contributed by atoms with van der Waals surface area (Å²) in [6.45, 7) is 4.62. The number of aromatic nitrogens is 2. The SMILES string of the molecule is CCN(C(=O)c1ccnc(OC2CCC2)c1)C(C)c1cccnc1. The zero-order chi connectivity index (χ0) is 16.9. The van der Waals surface area contributed by atoms with Crippen molar-refractivity contribution in [1.82, 2.24) is 14.9 Å². The molecule has 5 nitrogen and oxygen atoms in total. The topological polar surface area (TPSA) is 55.3 Å². The van der Waals surface area contributed by atoms with E-state index in [0.717, 1.165) is 18.4 Å². The zero-order valence-electron chi connectivity index (χ0n) is 14.2. The van der Waals surface area contributed by atoms with E-state index < -0.39 is 0 Å². The molecule has 1 atom stereocenters. The van der Waals surface area contributed by atoms with Gasteiger partial charge in [-0.15, -0.1) is 0 Å². The number of hydrogen-bond acceptors (Lipinski definition) is 4. The molecule has 2 aromatic rings. The van der Waals surface area contributed by atoms with Crippen molar-refractivity contribution < 1.29 is 9.53 Å². The molecular weight excluding hydrogens is 302 g/mol. The molecule has 0 aliphatic heterocycles. The summed E-state index contributed by atoms with van der Waals surface area (Å²) in [5.41, 5.74) is 1.63. The van der Waals surface area contributed by atoms with Crippen LogP contribution in [0.4, 0.5) is 0 Å². The molecule has 1 fully saturated rings. The Kier molecular flexibility index (Phi) is 5.08. The minimum absolute atomic E-state index is 0.0188. The van der Waals surface area contributed by atoms with Gasteiger partial charge < -0.3 is 9.64 Å². The van der Waals surface area contributed by atoms with Crippen molar-refractivity contribution in [2.24, 2.45) is 0 Å². The smallest absolute Gasteiger partial charge is 0.254 e. The van der Waals surface area contributed by atoms with Gasteiger partial charge in [-0.1, -0.05) is 6.07 Å². The highest BCUT2D eigenvalue weighted by Crippen LogP contribution is 2.26. The maximum Gasteiger partial charge on any atom is 0.254 e. The number of hydrogen-bond donors (Lipinski definition) is 0. The molecule has 24 heavy (non-hydrogen) atoms. The van der Waals surface area contributed by atoms with Gasteiger partial charge in [0.1, 0.15) is 6.10 Å². The third-order valence-corrected chi connectivity index (χ3v) is 4.56. The first-order valence-corrected chi connectivity index (χ1v) is 8.52. The summed E-state index contributed by atoms with van der Waals surface area (Å²) in [4.78, 5) is 23.1. The van der Waals surface area contributed by atoms with Crippen molar-refractivity contribution in [3.63, 3.8) is 0 Å². The largest absolute Gasteiger partial charge is 0.474 e. The Morgan fingerprint density at radius 2 is 2.21 bits per heavy atom. The van der Waals surface area contributed by atoms with E-state index >= 15 is 0 Å². The van der Waals surface area contributed by atoms with Gasteiger partial charge >= 0.3 is 0 Å². The minimum Gasteiger partial charge on any atom is -0.474 e. The molecule has 0 saturated heterocycles. The summed E-state index contributed by atoms with van der Waals surface area (Å²) in [5, 5.41) is 0. The number of amides is 1. The Morgan fingerprint density at radius 1 is 1.38 bits per heavy atom. The molecule has 2 heterocycles. The lowest BCUT2D eigenvalue weighted by atomic mass is 9.96. The number of nitrogens with zero attached hydrogens (tertiary/aromatic N) is 3. The second-order valence-corrected chi connectivity index (χ2v) is 6.11. The van der Waals surface area contributed by atoms with Crippen molar-refractivity contribution in [2.75, 3.05) is 6.54 Å². The van der Waals surface area contributed by atoms with Gasteiger partial charge in [0.25, 0.3) is 5.91 Å². The molecule has 0 aromatic carbocycles. The van der Waals surface area contributed by atoms with Crippen LogP contribution in [0.5, 0.6) is 5.88 Å². The van der Waals surface area contributed by atoms with E-state index in [1.165, 1.54) is 6.42 Å². The summed E-state index contributed by atoms with van der Waals surface area (Å²) >= 11 is 0. The lowest BCUT2D eigenvalue weighted by Gasteiger charge is -2.29. The van der Waals surface area contributed by atoms with Gasteiger partial charge in [-0.05, 0) is 50.8 Å². The van der Waals surface area contributed by atoms with Crippen LogP contribution in [0.3, 0.4) is 0 Å². The van der Waals surface area contributed by atoms with Gasteiger partial charge in [-0.25, -0.2) is 4.98 Å². The van der Waals surface area contributed by atoms with Crippen LogP contribution in [0.15, 0.2) is 42.9 Å². The number of pyridine rings is 2. The van der Waals surface area contributed by atoms with E-state index in [-0.39, 0.29) is 18.1 Å². The highest BCUT2D eigenvalue weighted by Gasteiger charge is 2.23. The van der Waals surface area contributed by atoms with Gasteiger partial charge in [0.15, 0.2) is 0 Å². The average Bonchev–Trinajstić information content (AvgIpc) is 2.59. The molecule has 0 N–H and O–H groups in total. The van der Waals surface area contributed by atoms with Crippen molar-refractivity contribution >= 4 is 5.91 Å². The van der Waals surface area contributed by atoms with Crippen molar-refractivity contribution in [3.8, 4) is 5.88 Å². The number of rotatable bonds is 6. The van der Waals surface area contributed by atoms with Crippen molar-refractivity contribution in [2.45, 2.75) is 45.3 Å². The lowest BCUT2D eigenvalue weighted by Crippen LogP contribution is -2.33. The second-order valence-electron chi connectivity index (χ2n) is 6.11. The molecule has 1 saturated carbocycles. The van der Waals surface area contributed by atoms with E-state index in [2.05, 4.69) is 9.97 Å². The summed E-state index contributed by atoms with van der Waals surface area (Å²) in [5.74, 6) is 0.519. The maximum absolute atomic E-state index is 12.9. The molecule has 2 aromatic heterocycles. The van der Waals surface area contributed by atoms with Crippen LogP contribution in [-0.2, 0) is 0 Å². The fraction of sp³-hybridized carbons (Fsp3) is 0.421. The Morgan fingerprint density at radius 3 is 2.83 bits per heavy atom. The Labute approximate surface area is 142 Å². The molecule has 1 aliphatic carbocycles. The van der Waals surface area contributed by atoms with E-state index in [0.29, 0.717) is 18.0 Å². The van der Waals surface area contributed by atoms with Crippen LogP contribution in [0.1, 0.15) is 55.1 Å². The van der Waals surface area contributed by atoms with E-state index in [1.807, 2.05) is 30.9 Å². The average molecular weight is 325 g/mol. The fourth-order valence-corrected chi connectivity index (χ4v) is 2.83. The fourth-order valence-electron chi connectivity index (χ4n) is 2.83. The van der Waals surface area contributed by atoms with Crippen LogP contribution in [-0.4, -0.2) is 33.4 Å². The zero-order valence-corrected chi connectivity index (χ0v) is 14.2. The molecule has 1 unspecified atom stereocenters. The van der Waals surface area contributed by atoms with Crippen LogP contribution in [0, 0.1) is 0 Å². The number of carbonyl (C=O) groups is 1.